The van der Waals surface area contributed by atoms with Crippen LogP contribution >= 0.6 is 0 Å². The van der Waals surface area contributed by atoms with Crippen molar-refractivity contribution in [2.75, 3.05) is 6.79 Å². The highest BCUT2D eigenvalue weighted by Crippen LogP contribution is 2.35. The second kappa shape index (κ2) is 3.80. The predicted octanol–water partition coefficient (Wildman–Crippen LogP) is 2.42. The van der Waals surface area contributed by atoms with Gasteiger partial charge in [0, 0.05) is 17.0 Å². The highest BCUT2D eigenvalue weighted by atomic mass is 16.7. The molecule has 2 heterocycles. The summed E-state index contributed by atoms with van der Waals surface area (Å²) in [6, 6.07) is 7.13. The number of aromatic nitrogens is 1. The topological polar surface area (TPSA) is 71.5 Å². The predicted molar refractivity (Wildman–Crippen MR) is 64.0 cm³/mol. The van der Waals surface area contributed by atoms with Gasteiger partial charge in [-0.3, -0.25) is 0 Å². The molecule has 5 heteroatoms. The average Bonchev–Trinajstić information content (AvgIpc) is 2.93. The second-order valence-corrected chi connectivity index (χ2v) is 4.09. The summed E-state index contributed by atoms with van der Waals surface area (Å²) in [5.41, 5.74) is 2.54. The monoisotopic (exact) mass is 245 g/mol. The molecule has 0 aliphatic carbocycles. The van der Waals surface area contributed by atoms with E-state index >= 15 is 0 Å². The summed E-state index contributed by atoms with van der Waals surface area (Å²) in [5, 5.41) is 9.02. The Labute approximate surface area is 103 Å². The van der Waals surface area contributed by atoms with E-state index in [0.717, 1.165) is 11.3 Å². The van der Waals surface area contributed by atoms with Gasteiger partial charge in [-0.2, -0.15) is 0 Å². The summed E-state index contributed by atoms with van der Waals surface area (Å²) in [7, 11) is 0. The zero-order chi connectivity index (χ0) is 12.7. The van der Waals surface area contributed by atoms with Crippen molar-refractivity contribution in [3.05, 3.63) is 35.5 Å². The highest BCUT2D eigenvalue weighted by molar-refractivity contribution is 5.91. The van der Waals surface area contributed by atoms with Crippen molar-refractivity contribution in [3.63, 3.8) is 0 Å². The summed E-state index contributed by atoms with van der Waals surface area (Å²) in [6.45, 7) is 1.96. The number of fused-ring (bicyclic) bond motifs is 1. The van der Waals surface area contributed by atoms with Gasteiger partial charge in [-0.25, -0.2) is 4.79 Å². The lowest BCUT2D eigenvalue weighted by atomic mass is 10.1. The van der Waals surface area contributed by atoms with Gasteiger partial charge in [0.15, 0.2) is 11.5 Å². The lowest BCUT2D eigenvalue weighted by molar-refractivity contribution is 0.0696. The van der Waals surface area contributed by atoms with Gasteiger partial charge in [0.25, 0.3) is 0 Å². The fourth-order valence-electron chi connectivity index (χ4n) is 2.00. The van der Waals surface area contributed by atoms with Crippen molar-refractivity contribution in [1.29, 1.82) is 0 Å². The van der Waals surface area contributed by atoms with E-state index in [2.05, 4.69) is 4.98 Å². The molecule has 2 N–H and O–H groups in total. The van der Waals surface area contributed by atoms with E-state index < -0.39 is 5.97 Å². The van der Waals surface area contributed by atoms with Crippen LogP contribution in [0.5, 0.6) is 11.5 Å². The lowest BCUT2D eigenvalue weighted by Gasteiger charge is -2.00. The molecule has 0 saturated carbocycles. The minimum Gasteiger partial charge on any atom is -0.478 e. The third-order valence-electron chi connectivity index (χ3n) is 2.93. The van der Waals surface area contributed by atoms with Crippen molar-refractivity contribution in [3.8, 4) is 22.8 Å². The quantitative estimate of drug-likeness (QED) is 0.852. The Morgan fingerprint density at radius 1 is 1.28 bits per heavy atom. The van der Waals surface area contributed by atoms with Crippen LogP contribution in [0.3, 0.4) is 0 Å². The average molecular weight is 245 g/mol. The van der Waals surface area contributed by atoms with Gasteiger partial charge in [-0.15, -0.1) is 0 Å². The summed E-state index contributed by atoms with van der Waals surface area (Å²) < 4.78 is 10.5. The number of carboxylic acids is 1. The fourth-order valence-corrected chi connectivity index (χ4v) is 2.00. The van der Waals surface area contributed by atoms with E-state index in [1.807, 2.05) is 18.2 Å². The molecule has 3 rings (SSSR count). The molecule has 18 heavy (non-hydrogen) atoms. The van der Waals surface area contributed by atoms with Crippen LogP contribution in [-0.4, -0.2) is 22.9 Å². The Morgan fingerprint density at radius 2 is 2.06 bits per heavy atom. The van der Waals surface area contributed by atoms with E-state index in [9.17, 15) is 4.79 Å². The molecule has 0 spiro atoms. The van der Waals surface area contributed by atoms with Gasteiger partial charge in [-0.1, -0.05) is 0 Å². The van der Waals surface area contributed by atoms with E-state index in [1.165, 1.54) is 0 Å². The molecule has 1 aliphatic rings. The first-order chi connectivity index (χ1) is 8.65. The maximum Gasteiger partial charge on any atom is 0.337 e. The van der Waals surface area contributed by atoms with Crippen LogP contribution in [0.25, 0.3) is 11.3 Å². The van der Waals surface area contributed by atoms with Crippen LogP contribution in [-0.2, 0) is 0 Å². The summed E-state index contributed by atoms with van der Waals surface area (Å²) in [4.78, 5) is 14.0. The smallest absolute Gasteiger partial charge is 0.337 e. The molecule has 1 aromatic heterocycles. The van der Waals surface area contributed by atoms with Crippen molar-refractivity contribution in [1.82, 2.24) is 4.98 Å². The normalized spacial score (nSPS) is 12.7. The minimum absolute atomic E-state index is 0.225. The number of aromatic amines is 1. The lowest BCUT2D eigenvalue weighted by Crippen LogP contribution is -1.95. The molecular weight excluding hydrogens is 234 g/mol. The van der Waals surface area contributed by atoms with Gasteiger partial charge >= 0.3 is 5.97 Å². The summed E-state index contributed by atoms with van der Waals surface area (Å²) in [5.74, 6) is 0.452. The first kappa shape index (κ1) is 10.7. The van der Waals surface area contributed by atoms with Gasteiger partial charge in [0.1, 0.15) is 0 Å². The summed E-state index contributed by atoms with van der Waals surface area (Å²) in [6.07, 6.45) is 0. The van der Waals surface area contributed by atoms with Crippen LogP contribution in [0, 0.1) is 6.92 Å². The number of rotatable bonds is 2. The number of aryl methyl sites for hydroxylation is 1. The number of carbonyl (C=O) groups is 1. The van der Waals surface area contributed by atoms with E-state index in [4.69, 9.17) is 14.6 Å². The number of hydrogen-bond acceptors (Lipinski definition) is 3. The number of nitrogens with one attached hydrogen (secondary N) is 1. The first-order valence-corrected chi connectivity index (χ1v) is 5.48. The van der Waals surface area contributed by atoms with Crippen molar-refractivity contribution < 1.29 is 19.4 Å². The van der Waals surface area contributed by atoms with Crippen LogP contribution < -0.4 is 9.47 Å². The molecule has 5 nitrogen and oxygen atoms in total. The first-order valence-electron chi connectivity index (χ1n) is 5.48. The van der Waals surface area contributed by atoms with Gasteiger partial charge in [0.05, 0.1) is 5.56 Å². The molecule has 0 radical (unpaired) electrons. The maximum absolute atomic E-state index is 11.0. The number of ether oxygens (including phenoxy) is 2. The number of hydrogen-bond donors (Lipinski definition) is 2. The highest BCUT2D eigenvalue weighted by Gasteiger charge is 2.16. The molecule has 0 fully saturated rings. The Kier molecular flexibility index (Phi) is 2.26. The molecule has 1 aromatic carbocycles. The molecule has 0 bridgehead atoms. The number of aromatic carboxylic acids is 1. The SMILES string of the molecule is Cc1[nH]c(-c2ccc3c(c2)OCO3)cc1C(=O)O. The molecular formula is C13H11NO4. The van der Waals surface area contributed by atoms with E-state index in [0.29, 0.717) is 17.2 Å². The van der Waals surface area contributed by atoms with E-state index in [-0.39, 0.29) is 12.4 Å². The Hall–Kier alpha value is -2.43. The molecule has 0 saturated heterocycles. The molecule has 2 aromatic rings. The molecule has 0 unspecified atom stereocenters. The van der Waals surface area contributed by atoms with Crippen LogP contribution in [0.1, 0.15) is 16.1 Å². The summed E-state index contributed by atoms with van der Waals surface area (Å²) >= 11 is 0. The number of carboxylic acid groups (broad SMARTS) is 1. The third kappa shape index (κ3) is 1.60. The van der Waals surface area contributed by atoms with Gasteiger partial charge in [0.2, 0.25) is 6.79 Å². The van der Waals surface area contributed by atoms with Crippen LogP contribution in [0.2, 0.25) is 0 Å². The zero-order valence-electron chi connectivity index (χ0n) is 9.69. The Bertz CT molecular complexity index is 630. The molecule has 1 aliphatic heterocycles. The minimum atomic E-state index is -0.934. The standard InChI is InChI=1S/C13H11NO4/c1-7-9(13(15)16)5-10(14-7)8-2-3-11-12(4-8)18-6-17-11/h2-5,14H,6H2,1H3,(H,15,16). The number of benzene rings is 1. The van der Waals surface area contributed by atoms with Crippen LogP contribution in [0.4, 0.5) is 0 Å². The Balaban J connectivity index is 2.05. The van der Waals surface area contributed by atoms with Gasteiger partial charge < -0.3 is 19.6 Å². The fraction of sp³-hybridized carbons (Fsp3) is 0.154. The van der Waals surface area contributed by atoms with Crippen molar-refractivity contribution in [2.45, 2.75) is 6.92 Å². The van der Waals surface area contributed by atoms with Gasteiger partial charge in [-0.05, 0) is 31.2 Å². The van der Waals surface area contributed by atoms with E-state index in [1.54, 1.807) is 13.0 Å². The Morgan fingerprint density at radius 3 is 2.78 bits per heavy atom. The maximum atomic E-state index is 11.0. The van der Waals surface area contributed by atoms with Crippen LogP contribution in [0.15, 0.2) is 24.3 Å². The van der Waals surface area contributed by atoms with Crippen molar-refractivity contribution in [2.24, 2.45) is 0 Å². The zero-order valence-corrected chi connectivity index (χ0v) is 9.69. The molecule has 92 valence electrons. The second-order valence-electron chi connectivity index (χ2n) is 4.09. The molecule has 0 atom stereocenters. The largest absolute Gasteiger partial charge is 0.478 e. The van der Waals surface area contributed by atoms with Crippen molar-refractivity contribution >= 4 is 5.97 Å². The molecule has 0 amide bonds. The third-order valence-corrected chi connectivity index (χ3v) is 2.93. The number of H-pyrrole nitrogens is 1.